The highest BCUT2D eigenvalue weighted by Gasteiger charge is 2.15. The maximum Gasteiger partial charge on any atom is 0.276 e. The average molecular weight is 466 g/mol. The molecule has 0 radical (unpaired) electrons. The Hall–Kier alpha value is -4.44. The quantitative estimate of drug-likeness (QED) is 0.289. The van der Waals surface area contributed by atoms with E-state index in [1.54, 1.807) is 48.8 Å². The smallest absolute Gasteiger partial charge is 0.276 e. The van der Waals surface area contributed by atoms with Gasteiger partial charge < -0.3 is 14.8 Å². The number of ether oxygens (including phenoxy) is 2. The molecular weight excluding hydrogens is 450 g/mol. The van der Waals surface area contributed by atoms with Crippen LogP contribution in [0, 0.1) is 10.1 Å². The molecule has 2 aromatic heterocycles. The van der Waals surface area contributed by atoms with Crippen LogP contribution in [0.4, 0.5) is 11.4 Å². The fraction of sp³-hybridized carbons (Fsp3) is 0.0455. The zero-order valence-electron chi connectivity index (χ0n) is 16.9. The predicted octanol–water partition coefficient (Wildman–Crippen LogP) is 4.92. The maximum absolute atomic E-state index is 12.6. The van der Waals surface area contributed by atoms with Gasteiger partial charge in [-0.2, -0.15) is 5.10 Å². The van der Waals surface area contributed by atoms with Gasteiger partial charge in [0.25, 0.3) is 11.6 Å². The molecule has 4 rings (SSSR count). The van der Waals surface area contributed by atoms with E-state index >= 15 is 0 Å². The van der Waals surface area contributed by atoms with Gasteiger partial charge in [-0.3, -0.25) is 19.9 Å². The number of hydrogen-bond donors (Lipinski definition) is 1. The number of carbonyl (C=O) groups excluding carboxylic acids is 1. The molecule has 0 aliphatic heterocycles. The van der Waals surface area contributed by atoms with Crippen molar-refractivity contribution in [2.45, 2.75) is 6.73 Å². The highest BCUT2D eigenvalue weighted by molar-refractivity contribution is 6.30. The summed E-state index contributed by atoms with van der Waals surface area (Å²) in [5, 5.41) is 18.6. The summed E-state index contributed by atoms with van der Waals surface area (Å²) in [5.41, 5.74) is 0.0379. The monoisotopic (exact) mass is 465 g/mol. The first-order valence-corrected chi connectivity index (χ1v) is 9.94. The van der Waals surface area contributed by atoms with Gasteiger partial charge in [0.2, 0.25) is 0 Å². The standard InChI is InChI=1S/C22H16ClN5O5/c23-15-3-1-4-18(9-15)32-14-27-8-6-21(26-27)22(29)25-16-10-17(28(30)31)12-20(11-16)33-19-5-2-7-24-13-19/h1-13H,14H2,(H,25,29). The minimum absolute atomic E-state index is 0.0630. The molecule has 166 valence electrons. The number of carbonyl (C=O) groups is 1. The van der Waals surface area contributed by atoms with Gasteiger partial charge in [-0.15, -0.1) is 0 Å². The van der Waals surface area contributed by atoms with Crippen LogP contribution >= 0.6 is 11.6 Å². The normalized spacial score (nSPS) is 10.5. The Morgan fingerprint density at radius 2 is 1.94 bits per heavy atom. The Morgan fingerprint density at radius 1 is 1.09 bits per heavy atom. The first kappa shape index (κ1) is 21.8. The van der Waals surface area contributed by atoms with Crippen molar-refractivity contribution < 1.29 is 19.2 Å². The van der Waals surface area contributed by atoms with E-state index in [0.717, 1.165) is 0 Å². The van der Waals surface area contributed by atoms with E-state index in [-0.39, 0.29) is 29.5 Å². The average Bonchev–Trinajstić information content (AvgIpc) is 3.28. The summed E-state index contributed by atoms with van der Waals surface area (Å²) in [7, 11) is 0. The summed E-state index contributed by atoms with van der Waals surface area (Å²) in [6.45, 7) is 0.0630. The summed E-state index contributed by atoms with van der Waals surface area (Å²) in [5.74, 6) is 0.577. The first-order valence-electron chi connectivity index (χ1n) is 9.57. The lowest BCUT2D eigenvalue weighted by molar-refractivity contribution is -0.384. The second-order valence-electron chi connectivity index (χ2n) is 6.69. The van der Waals surface area contributed by atoms with Gasteiger partial charge in [-0.05, 0) is 36.4 Å². The van der Waals surface area contributed by atoms with Gasteiger partial charge in [-0.1, -0.05) is 17.7 Å². The largest absolute Gasteiger partial charge is 0.471 e. The molecule has 0 aliphatic carbocycles. The van der Waals surface area contributed by atoms with Gasteiger partial charge in [0.15, 0.2) is 12.4 Å². The van der Waals surface area contributed by atoms with Crippen LogP contribution in [0.1, 0.15) is 10.5 Å². The van der Waals surface area contributed by atoms with Crippen molar-refractivity contribution in [1.82, 2.24) is 14.8 Å². The number of nitro groups is 1. The fourth-order valence-corrected chi connectivity index (χ4v) is 2.99. The Morgan fingerprint density at radius 3 is 2.70 bits per heavy atom. The van der Waals surface area contributed by atoms with E-state index in [1.807, 2.05) is 0 Å². The number of nitro benzene ring substituents is 1. The molecule has 11 heteroatoms. The number of hydrogen-bond acceptors (Lipinski definition) is 7. The molecule has 33 heavy (non-hydrogen) atoms. The van der Waals surface area contributed by atoms with Crippen molar-refractivity contribution >= 4 is 28.9 Å². The van der Waals surface area contributed by atoms with Crippen molar-refractivity contribution in [3.8, 4) is 17.2 Å². The van der Waals surface area contributed by atoms with Gasteiger partial charge in [0, 0.05) is 29.5 Å². The van der Waals surface area contributed by atoms with E-state index < -0.39 is 10.8 Å². The molecule has 4 aromatic rings. The topological polar surface area (TPSA) is 121 Å². The number of amides is 1. The minimum Gasteiger partial charge on any atom is -0.471 e. The number of aromatic nitrogens is 3. The van der Waals surface area contributed by atoms with Crippen LogP contribution < -0.4 is 14.8 Å². The Bertz CT molecular complexity index is 1300. The van der Waals surface area contributed by atoms with Crippen LogP contribution in [-0.4, -0.2) is 25.6 Å². The lowest BCUT2D eigenvalue weighted by Crippen LogP contribution is -2.14. The fourth-order valence-electron chi connectivity index (χ4n) is 2.81. The van der Waals surface area contributed by atoms with Crippen molar-refractivity contribution in [3.63, 3.8) is 0 Å². The minimum atomic E-state index is -0.576. The molecule has 0 saturated heterocycles. The first-order chi connectivity index (χ1) is 16.0. The molecule has 0 spiro atoms. The van der Waals surface area contributed by atoms with Crippen molar-refractivity contribution in [3.05, 3.63) is 100 Å². The zero-order chi connectivity index (χ0) is 23.2. The van der Waals surface area contributed by atoms with Crippen LogP contribution in [0.2, 0.25) is 5.02 Å². The van der Waals surface area contributed by atoms with Crippen molar-refractivity contribution in [2.24, 2.45) is 0 Å². The third kappa shape index (κ3) is 5.83. The number of halogens is 1. The Kier molecular flexibility index (Phi) is 6.46. The number of nitrogens with one attached hydrogen (secondary N) is 1. The number of nitrogens with zero attached hydrogens (tertiary/aromatic N) is 4. The lowest BCUT2D eigenvalue weighted by atomic mass is 10.2. The molecule has 0 saturated carbocycles. The van der Waals surface area contributed by atoms with Crippen LogP contribution in [-0.2, 0) is 6.73 Å². The Balaban J connectivity index is 1.46. The maximum atomic E-state index is 12.6. The number of benzene rings is 2. The van der Waals surface area contributed by atoms with Gasteiger partial charge >= 0.3 is 0 Å². The zero-order valence-corrected chi connectivity index (χ0v) is 17.7. The SMILES string of the molecule is O=C(Nc1cc(Oc2cccnc2)cc([N+](=O)[O-])c1)c1ccn(COc2cccc(Cl)c2)n1. The number of anilines is 1. The highest BCUT2D eigenvalue weighted by Crippen LogP contribution is 2.29. The third-order valence-corrected chi connectivity index (χ3v) is 4.50. The second-order valence-corrected chi connectivity index (χ2v) is 7.13. The van der Waals surface area contributed by atoms with E-state index in [4.69, 9.17) is 21.1 Å². The van der Waals surface area contributed by atoms with E-state index in [1.165, 1.54) is 35.1 Å². The molecule has 0 atom stereocenters. The number of non-ortho nitro benzene ring substituents is 1. The van der Waals surface area contributed by atoms with E-state index in [2.05, 4.69) is 15.4 Å². The number of pyridine rings is 1. The van der Waals surface area contributed by atoms with Crippen molar-refractivity contribution in [1.29, 1.82) is 0 Å². The summed E-state index contributed by atoms with van der Waals surface area (Å²) in [4.78, 5) is 27.3. The van der Waals surface area contributed by atoms with Crippen molar-refractivity contribution in [2.75, 3.05) is 5.32 Å². The molecule has 0 unspecified atom stereocenters. The number of rotatable bonds is 8. The summed E-state index contributed by atoms with van der Waals surface area (Å²) in [6, 6.07) is 15.7. The molecule has 1 N–H and O–H groups in total. The van der Waals surface area contributed by atoms with E-state index in [9.17, 15) is 14.9 Å². The van der Waals surface area contributed by atoms with Gasteiger partial charge in [0.05, 0.1) is 22.9 Å². The summed E-state index contributed by atoms with van der Waals surface area (Å²) in [6.07, 6.45) is 4.62. The van der Waals surface area contributed by atoms with Crippen LogP contribution in [0.15, 0.2) is 79.3 Å². The van der Waals surface area contributed by atoms with Crippen LogP contribution in [0.25, 0.3) is 0 Å². The molecule has 0 bridgehead atoms. The molecule has 2 aromatic carbocycles. The lowest BCUT2D eigenvalue weighted by Gasteiger charge is -2.09. The highest BCUT2D eigenvalue weighted by atomic mass is 35.5. The van der Waals surface area contributed by atoms with Crippen LogP contribution in [0.3, 0.4) is 0 Å². The second kappa shape index (κ2) is 9.79. The molecular formula is C22H16ClN5O5. The predicted molar refractivity (Wildman–Crippen MR) is 120 cm³/mol. The molecule has 1 amide bonds. The third-order valence-electron chi connectivity index (χ3n) is 4.26. The molecule has 0 aliphatic rings. The van der Waals surface area contributed by atoms with Gasteiger partial charge in [-0.25, -0.2) is 4.68 Å². The van der Waals surface area contributed by atoms with Gasteiger partial charge in [0.1, 0.15) is 17.2 Å². The summed E-state index contributed by atoms with van der Waals surface area (Å²) >= 11 is 5.93. The van der Waals surface area contributed by atoms with Crippen LogP contribution in [0.5, 0.6) is 17.2 Å². The van der Waals surface area contributed by atoms with E-state index in [0.29, 0.717) is 16.5 Å². The molecule has 10 nitrogen and oxygen atoms in total. The molecule has 0 fully saturated rings. The molecule has 2 heterocycles. The Labute approximate surface area is 192 Å². The summed E-state index contributed by atoms with van der Waals surface area (Å²) < 4.78 is 12.6.